The standard InChI is InChI=1S/C23H23N3O3S/c27-20(11-5-6-14-12-24-17-9-3-1-7-15(14)17)29-13-19-25-22(28)21-16-8-2-4-10-18(16)30-23(21)26-19/h1,3,7,9,12,24H,2,4-6,8,10-11,13H2,(H,25,26,28). The van der Waals surface area contributed by atoms with Crippen LogP contribution in [0.4, 0.5) is 0 Å². The Labute approximate surface area is 177 Å². The summed E-state index contributed by atoms with van der Waals surface area (Å²) >= 11 is 1.60. The summed E-state index contributed by atoms with van der Waals surface area (Å²) in [6.45, 7) is -0.000332. The minimum absolute atomic E-state index is 0.000332. The van der Waals surface area contributed by atoms with Crippen molar-refractivity contribution in [3.63, 3.8) is 0 Å². The zero-order chi connectivity index (χ0) is 20.5. The molecule has 0 saturated carbocycles. The van der Waals surface area contributed by atoms with E-state index in [-0.39, 0.29) is 18.1 Å². The number of hydrogen-bond acceptors (Lipinski definition) is 5. The van der Waals surface area contributed by atoms with Crippen molar-refractivity contribution in [2.45, 2.75) is 51.6 Å². The maximum absolute atomic E-state index is 12.6. The van der Waals surface area contributed by atoms with Crippen molar-refractivity contribution in [2.24, 2.45) is 0 Å². The number of carbonyl (C=O) groups excluding carboxylic acids is 1. The number of esters is 1. The van der Waals surface area contributed by atoms with Gasteiger partial charge in [0, 0.05) is 28.4 Å². The molecule has 1 aliphatic rings. The zero-order valence-electron chi connectivity index (χ0n) is 16.6. The lowest BCUT2D eigenvalue weighted by Gasteiger charge is -2.09. The van der Waals surface area contributed by atoms with Crippen LogP contribution in [0, 0.1) is 0 Å². The fourth-order valence-corrected chi connectivity index (χ4v) is 5.54. The molecule has 0 spiro atoms. The van der Waals surface area contributed by atoms with Gasteiger partial charge in [0.05, 0.1) is 5.39 Å². The average molecular weight is 422 g/mol. The van der Waals surface area contributed by atoms with Crippen molar-refractivity contribution >= 4 is 38.4 Å². The molecule has 6 nitrogen and oxygen atoms in total. The number of fused-ring (bicyclic) bond motifs is 4. The van der Waals surface area contributed by atoms with Gasteiger partial charge in [0.2, 0.25) is 0 Å². The van der Waals surface area contributed by atoms with Gasteiger partial charge in [-0.25, -0.2) is 4.98 Å². The van der Waals surface area contributed by atoms with E-state index in [0.29, 0.717) is 18.7 Å². The number of thiophene rings is 1. The van der Waals surface area contributed by atoms with Gasteiger partial charge >= 0.3 is 5.97 Å². The molecule has 2 N–H and O–H groups in total. The van der Waals surface area contributed by atoms with Crippen molar-refractivity contribution in [1.29, 1.82) is 0 Å². The number of aromatic amines is 2. The van der Waals surface area contributed by atoms with Crippen LogP contribution in [0.2, 0.25) is 0 Å². The molecule has 0 fully saturated rings. The summed E-state index contributed by atoms with van der Waals surface area (Å²) in [5.41, 5.74) is 3.35. The van der Waals surface area contributed by atoms with Crippen LogP contribution in [0.25, 0.3) is 21.1 Å². The molecule has 0 radical (unpaired) electrons. The normalized spacial score (nSPS) is 13.6. The second-order valence-corrected chi connectivity index (χ2v) is 8.86. The molecule has 0 atom stereocenters. The largest absolute Gasteiger partial charge is 0.458 e. The first-order valence-corrected chi connectivity index (χ1v) is 11.2. The third-order valence-corrected chi connectivity index (χ3v) is 6.93. The van der Waals surface area contributed by atoms with Crippen molar-refractivity contribution in [2.75, 3.05) is 0 Å². The highest BCUT2D eigenvalue weighted by Gasteiger charge is 2.20. The number of carbonyl (C=O) groups is 1. The van der Waals surface area contributed by atoms with Crippen molar-refractivity contribution in [3.05, 3.63) is 62.6 Å². The summed E-state index contributed by atoms with van der Waals surface area (Å²) in [5, 5.41) is 1.92. The molecule has 0 unspecified atom stereocenters. The number of benzene rings is 1. The van der Waals surface area contributed by atoms with Crippen LogP contribution in [0.5, 0.6) is 0 Å². The lowest BCUT2D eigenvalue weighted by Crippen LogP contribution is -2.15. The number of H-pyrrole nitrogens is 2. The lowest BCUT2D eigenvalue weighted by molar-refractivity contribution is -0.145. The molecule has 5 rings (SSSR count). The predicted octanol–water partition coefficient (Wildman–Crippen LogP) is 4.41. The number of nitrogens with one attached hydrogen (secondary N) is 2. The second-order valence-electron chi connectivity index (χ2n) is 7.78. The van der Waals surface area contributed by atoms with Gasteiger partial charge < -0.3 is 14.7 Å². The molecule has 30 heavy (non-hydrogen) atoms. The Morgan fingerprint density at radius 1 is 1.20 bits per heavy atom. The molecule has 7 heteroatoms. The Bertz CT molecular complexity index is 1280. The molecule has 1 aromatic carbocycles. The minimum atomic E-state index is -0.275. The number of para-hydroxylation sites is 1. The van der Waals surface area contributed by atoms with E-state index >= 15 is 0 Å². The predicted molar refractivity (Wildman–Crippen MR) is 118 cm³/mol. The van der Waals surface area contributed by atoms with Gasteiger partial charge in [-0.3, -0.25) is 9.59 Å². The first kappa shape index (κ1) is 19.1. The summed E-state index contributed by atoms with van der Waals surface area (Å²) in [6.07, 6.45) is 8.11. The Kier molecular flexibility index (Phi) is 5.12. The summed E-state index contributed by atoms with van der Waals surface area (Å²) < 4.78 is 5.37. The van der Waals surface area contributed by atoms with Crippen LogP contribution in [-0.2, 0) is 35.4 Å². The van der Waals surface area contributed by atoms with Crippen LogP contribution >= 0.6 is 11.3 Å². The van der Waals surface area contributed by atoms with Crippen LogP contribution in [0.15, 0.2) is 35.3 Å². The SMILES string of the molecule is O=C(CCCc1c[nH]c2ccccc12)OCc1nc2sc3c(c2c(=O)[nH]1)CCCC3. The average Bonchev–Trinajstić information content (AvgIpc) is 3.34. The molecule has 0 bridgehead atoms. The van der Waals surface area contributed by atoms with Gasteiger partial charge in [-0.1, -0.05) is 18.2 Å². The highest BCUT2D eigenvalue weighted by Crippen LogP contribution is 2.33. The smallest absolute Gasteiger partial charge is 0.306 e. The van der Waals surface area contributed by atoms with Crippen molar-refractivity contribution < 1.29 is 9.53 Å². The zero-order valence-corrected chi connectivity index (χ0v) is 17.4. The van der Waals surface area contributed by atoms with Crippen LogP contribution in [0.3, 0.4) is 0 Å². The van der Waals surface area contributed by atoms with Gasteiger partial charge in [-0.2, -0.15) is 0 Å². The second kappa shape index (κ2) is 8.07. The minimum Gasteiger partial charge on any atom is -0.458 e. The molecule has 4 aromatic rings. The van der Waals surface area contributed by atoms with Crippen LogP contribution in [-0.4, -0.2) is 20.9 Å². The topological polar surface area (TPSA) is 87.8 Å². The van der Waals surface area contributed by atoms with Crippen LogP contribution in [0.1, 0.15) is 47.5 Å². The summed E-state index contributed by atoms with van der Waals surface area (Å²) in [5.74, 6) is 0.138. The molecule has 0 saturated heterocycles. The fourth-order valence-electron chi connectivity index (χ4n) is 4.26. The van der Waals surface area contributed by atoms with Crippen LogP contribution < -0.4 is 5.56 Å². The number of hydrogen-bond donors (Lipinski definition) is 2. The third-order valence-electron chi connectivity index (χ3n) is 5.75. The number of rotatable bonds is 6. The lowest BCUT2D eigenvalue weighted by atomic mass is 9.97. The maximum Gasteiger partial charge on any atom is 0.306 e. The molecule has 0 amide bonds. The molecule has 154 valence electrons. The van der Waals surface area contributed by atoms with Crippen molar-refractivity contribution in [1.82, 2.24) is 15.0 Å². The van der Waals surface area contributed by atoms with E-state index < -0.39 is 0 Å². The van der Waals surface area contributed by atoms with E-state index in [9.17, 15) is 9.59 Å². The quantitative estimate of drug-likeness (QED) is 0.452. The number of nitrogens with zero attached hydrogens (tertiary/aromatic N) is 1. The Morgan fingerprint density at radius 3 is 3.00 bits per heavy atom. The van der Waals surface area contributed by atoms with E-state index in [1.165, 1.54) is 22.2 Å². The van der Waals surface area contributed by atoms with E-state index in [2.05, 4.69) is 21.0 Å². The Balaban J connectivity index is 1.19. The molecular formula is C23H23N3O3S. The maximum atomic E-state index is 12.6. The number of aromatic nitrogens is 3. The van der Waals surface area contributed by atoms with Gasteiger partial charge in [-0.15, -0.1) is 11.3 Å². The third kappa shape index (κ3) is 3.65. The Morgan fingerprint density at radius 2 is 2.07 bits per heavy atom. The molecule has 3 aromatic heterocycles. The first-order valence-electron chi connectivity index (χ1n) is 10.4. The number of ether oxygens (including phenoxy) is 1. The number of aryl methyl sites for hydroxylation is 3. The summed E-state index contributed by atoms with van der Waals surface area (Å²) in [7, 11) is 0. The van der Waals surface area contributed by atoms with Gasteiger partial charge in [-0.05, 0) is 55.7 Å². The highest BCUT2D eigenvalue weighted by molar-refractivity contribution is 7.18. The van der Waals surface area contributed by atoms with Gasteiger partial charge in [0.15, 0.2) is 0 Å². The van der Waals surface area contributed by atoms with Gasteiger partial charge in [0.25, 0.3) is 5.56 Å². The Hall–Kier alpha value is -2.93. The molecule has 1 aliphatic carbocycles. The van der Waals surface area contributed by atoms with E-state index in [1.54, 1.807) is 11.3 Å². The molecule has 0 aliphatic heterocycles. The van der Waals surface area contributed by atoms with E-state index in [0.717, 1.165) is 47.0 Å². The molecule has 3 heterocycles. The fraction of sp³-hybridized carbons (Fsp3) is 0.348. The van der Waals surface area contributed by atoms with E-state index in [1.807, 2.05) is 24.4 Å². The summed E-state index contributed by atoms with van der Waals surface area (Å²) in [4.78, 5) is 37.4. The van der Waals surface area contributed by atoms with Gasteiger partial charge in [0.1, 0.15) is 17.3 Å². The summed E-state index contributed by atoms with van der Waals surface area (Å²) in [6, 6.07) is 8.14. The molecular weight excluding hydrogens is 398 g/mol. The monoisotopic (exact) mass is 421 g/mol. The first-order chi connectivity index (χ1) is 14.7. The van der Waals surface area contributed by atoms with Crippen molar-refractivity contribution in [3.8, 4) is 0 Å². The highest BCUT2D eigenvalue weighted by atomic mass is 32.1. The van der Waals surface area contributed by atoms with E-state index in [4.69, 9.17) is 4.74 Å².